The minimum absolute atomic E-state index is 0.0857. The molecule has 0 saturated heterocycles. The molecule has 3 rings (SSSR count). The number of nitrogens with two attached hydrogens (primary N) is 1. The lowest BCUT2D eigenvalue weighted by Crippen LogP contribution is -2.29. The van der Waals surface area contributed by atoms with E-state index >= 15 is 0 Å². The summed E-state index contributed by atoms with van der Waals surface area (Å²) in [6.45, 7) is 2.68. The molecular weight excluding hydrogens is 607 g/mol. The molecule has 2 aromatic heterocycles. The predicted octanol–water partition coefficient (Wildman–Crippen LogP) is 1.98. The van der Waals surface area contributed by atoms with Crippen molar-refractivity contribution >= 4 is 66.4 Å². The number of rotatable bonds is 8. The molecule has 3 aromatic rings. The van der Waals surface area contributed by atoms with Crippen LogP contribution in [0.15, 0.2) is 36.9 Å². The van der Waals surface area contributed by atoms with Crippen molar-refractivity contribution in [2.45, 2.75) is 36.4 Å². The number of aliphatic hydroxyl groups is 1. The predicted molar refractivity (Wildman–Crippen MR) is 135 cm³/mol. The van der Waals surface area contributed by atoms with Crippen LogP contribution in [0.5, 0.6) is 5.88 Å². The van der Waals surface area contributed by atoms with E-state index in [4.69, 9.17) is 28.9 Å². The van der Waals surface area contributed by atoms with Gasteiger partial charge in [0.25, 0.3) is 25.8 Å². The van der Waals surface area contributed by atoms with Gasteiger partial charge in [0.15, 0.2) is 0 Å². The Morgan fingerprint density at radius 2 is 1.62 bits per heavy atom. The van der Waals surface area contributed by atoms with Crippen molar-refractivity contribution in [3.8, 4) is 5.88 Å². The van der Waals surface area contributed by atoms with Gasteiger partial charge in [0, 0.05) is 6.54 Å². The average Bonchev–Trinajstić information content (AvgIpc) is 2.76. The van der Waals surface area contributed by atoms with E-state index in [2.05, 4.69) is 30.5 Å². The van der Waals surface area contributed by atoms with E-state index in [0.717, 1.165) is 10.6 Å². The third kappa shape index (κ3) is 6.47. The maximum atomic E-state index is 12.5. The highest BCUT2D eigenvalue weighted by Crippen LogP contribution is 2.38. The highest BCUT2D eigenvalue weighted by atomic mass is 35.5. The molecule has 1 unspecified atom stereocenters. The molecule has 0 aliphatic carbocycles. The van der Waals surface area contributed by atoms with Gasteiger partial charge in [-0.1, -0.05) is 0 Å². The number of hydrogen-bond donors (Lipinski definition) is 6. The number of aliphatic hydroxyl groups excluding tert-OH is 1. The molecule has 210 valence electrons. The molecule has 0 aliphatic heterocycles. The SMILES string of the molecule is CCn1c(O)c(/N=N/c2cc(Nc3nc(Cl)nc(Cl)n3)c(S(=O)(=O)O)cc2S(=O)(=O)O)c(C)c(C(N)O)c1=O. The van der Waals surface area contributed by atoms with Gasteiger partial charge in [0.2, 0.25) is 22.4 Å². The first kappa shape index (κ1) is 30.2. The van der Waals surface area contributed by atoms with Gasteiger partial charge in [0.1, 0.15) is 27.4 Å². The van der Waals surface area contributed by atoms with E-state index in [1.54, 1.807) is 0 Å². The summed E-state index contributed by atoms with van der Waals surface area (Å²) in [6.07, 6.45) is -1.78. The van der Waals surface area contributed by atoms with Crippen LogP contribution in [-0.4, -0.2) is 55.7 Å². The average molecular weight is 625 g/mol. The van der Waals surface area contributed by atoms with Crippen molar-refractivity contribution in [2.24, 2.45) is 16.0 Å². The van der Waals surface area contributed by atoms with Crippen LogP contribution in [0, 0.1) is 6.92 Å². The second kappa shape index (κ2) is 11.1. The number of aromatic nitrogens is 4. The van der Waals surface area contributed by atoms with Crippen molar-refractivity contribution in [1.82, 2.24) is 19.5 Å². The van der Waals surface area contributed by atoms with E-state index in [1.807, 2.05) is 0 Å². The Kier molecular flexibility index (Phi) is 8.57. The Balaban J connectivity index is 2.33. The Morgan fingerprint density at radius 3 is 2.10 bits per heavy atom. The van der Waals surface area contributed by atoms with Crippen LogP contribution >= 0.6 is 23.2 Å². The molecule has 1 atom stereocenters. The van der Waals surface area contributed by atoms with Crippen LogP contribution in [0.1, 0.15) is 24.3 Å². The lowest BCUT2D eigenvalue weighted by atomic mass is 10.1. The van der Waals surface area contributed by atoms with Gasteiger partial charge in [-0.25, -0.2) is 0 Å². The molecule has 0 fully saturated rings. The van der Waals surface area contributed by atoms with Gasteiger partial charge in [0.05, 0.1) is 11.3 Å². The largest absolute Gasteiger partial charge is 0.493 e. The molecule has 1 aromatic carbocycles. The van der Waals surface area contributed by atoms with Crippen molar-refractivity contribution in [3.05, 3.63) is 44.2 Å². The van der Waals surface area contributed by atoms with Crippen LogP contribution < -0.4 is 16.6 Å². The third-order valence-electron chi connectivity index (χ3n) is 5.02. The molecule has 0 spiro atoms. The van der Waals surface area contributed by atoms with E-state index in [9.17, 15) is 40.9 Å². The summed E-state index contributed by atoms with van der Waals surface area (Å²) in [7, 11) is -10.4. The number of hydrogen-bond acceptors (Lipinski definition) is 14. The smallest absolute Gasteiger partial charge is 0.296 e. The summed E-state index contributed by atoms with van der Waals surface area (Å²) in [5, 5.41) is 29.4. The summed E-state index contributed by atoms with van der Waals surface area (Å²) < 4.78 is 68.4. The molecule has 7 N–H and O–H groups in total. The molecular formula is C18H18Cl2N8O9S2. The van der Waals surface area contributed by atoms with Crippen LogP contribution in [0.2, 0.25) is 10.6 Å². The van der Waals surface area contributed by atoms with Crippen LogP contribution in [0.4, 0.5) is 23.0 Å². The van der Waals surface area contributed by atoms with Crippen LogP contribution in [0.25, 0.3) is 0 Å². The van der Waals surface area contributed by atoms with E-state index in [0.29, 0.717) is 6.07 Å². The number of nitrogens with zero attached hydrogens (tertiary/aromatic N) is 6. The van der Waals surface area contributed by atoms with Crippen molar-refractivity contribution < 1.29 is 36.2 Å². The number of aromatic hydroxyl groups is 1. The number of benzene rings is 1. The quantitative estimate of drug-likeness (QED) is 0.119. The molecule has 0 amide bonds. The normalized spacial score (nSPS) is 13.1. The first-order valence-corrected chi connectivity index (χ1v) is 13.9. The fraction of sp³-hybridized carbons (Fsp3) is 0.222. The summed E-state index contributed by atoms with van der Waals surface area (Å²) in [5.41, 5.74) is 2.48. The van der Waals surface area contributed by atoms with Gasteiger partial charge in [-0.15, -0.1) is 10.2 Å². The Hall–Kier alpha value is -3.30. The second-order valence-electron chi connectivity index (χ2n) is 7.49. The van der Waals surface area contributed by atoms with Gasteiger partial charge in [-0.3, -0.25) is 18.5 Å². The van der Waals surface area contributed by atoms with Crippen LogP contribution in [0.3, 0.4) is 0 Å². The topological polar surface area (TPSA) is 273 Å². The minimum Gasteiger partial charge on any atom is -0.493 e. The fourth-order valence-corrected chi connectivity index (χ4v) is 5.06. The summed E-state index contributed by atoms with van der Waals surface area (Å²) >= 11 is 11.4. The number of nitrogens with one attached hydrogen (secondary N) is 1. The standard InChI is InChI=1S/C18H18Cl2N8O9S2/c1-3-28-14(30)11(13(21)29)6(2)12(15(28)31)27-26-8-4-7(22-18-24-16(19)23-17(20)25-18)9(38(32,33)34)5-10(8)39(35,36)37/h4-5,13,29,31H,3,21H2,1-2H3,(H,32,33,34)(H,35,36,37)(H,22,23,24,25)/b27-26+. The lowest BCUT2D eigenvalue weighted by molar-refractivity contribution is 0.182. The van der Waals surface area contributed by atoms with Gasteiger partial charge >= 0.3 is 0 Å². The maximum Gasteiger partial charge on any atom is 0.296 e. The van der Waals surface area contributed by atoms with Gasteiger partial charge in [-0.05, 0) is 54.7 Å². The van der Waals surface area contributed by atoms with E-state index < -0.39 is 81.3 Å². The zero-order valence-electron chi connectivity index (χ0n) is 19.6. The minimum atomic E-state index is -5.20. The Bertz CT molecular complexity index is 1760. The van der Waals surface area contributed by atoms with Crippen molar-refractivity contribution in [2.75, 3.05) is 5.32 Å². The fourth-order valence-electron chi connectivity index (χ4n) is 3.34. The molecule has 0 aliphatic rings. The maximum absolute atomic E-state index is 12.5. The molecule has 2 heterocycles. The molecule has 0 radical (unpaired) electrons. The summed E-state index contributed by atoms with van der Waals surface area (Å²) in [4.78, 5) is 21.2. The number of pyridine rings is 1. The van der Waals surface area contributed by atoms with Gasteiger partial charge < -0.3 is 21.3 Å². The number of anilines is 2. The zero-order chi connectivity index (χ0) is 29.4. The number of halogens is 2. The van der Waals surface area contributed by atoms with Crippen molar-refractivity contribution in [3.63, 3.8) is 0 Å². The Morgan fingerprint density at radius 1 is 1.05 bits per heavy atom. The monoisotopic (exact) mass is 624 g/mol. The Labute approximate surface area is 229 Å². The molecule has 17 nitrogen and oxygen atoms in total. The molecule has 39 heavy (non-hydrogen) atoms. The summed E-state index contributed by atoms with van der Waals surface area (Å²) in [6, 6.07) is 1.09. The third-order valence-corrected chi connectivity index (χ3v) is 7.13. The lowest BCUT2D eigenvalue weighted by Gasteiger charge is -2.16. The molecule has 21 heteroatoms. The highest BCUT2D eigenvalue weighted by molar-refractivity contribution is 7.86. The molecule has 0 bridgehead atoms. The number of azo groups is 1. The van der Waals surface area contributed by atoms with E-state index in [-0.39, 0.29) is 17.7 Å². The van der Waals surface area contributed by atoms with Crippen molar-refractivity contribution in [1.29, 1.82) is 0 Å². The molecule has 0 saturated carbocycles. The first-order valence-electron chi connectivity index (χ1n) is 10.2. The van der Waals surface area contributed by atoms with E-state index in [1.165, 1.54) is 13.8 Å². The van der Waals surface area contributed by atoms with Crippen LogP contribution in [-0.2, 0) is 26.8 Å². The zero-order valence-corrected chi connectivity index (χ0v) is 22.7. The van der Waals surface area contributed by atoms with Gasteiger partial charge in [-0.2, -0.15) is 31.8 Å². The second-order valence-corrected chi connectivity index (χ2v) is 10.9. The first-order chi connectivity index (χ1) is 17.9. The highest BCUT2D eigenvalue weighted by Gasteiger charge is 2.26. The summed E-state index contributed by atoms with van der Waals surface area (Å²) in [5.74, 6) is -1.15.